The number of aromatic carboxylic acids is 1. The number of carboxylic acids is 1. The Morgan fingerprint density at radius 1 is 1.24 bits per heavy atom. The Morgan fingerprint density at radius 3 is 2.43 bits per heavy atom. The van der Waals surface area contributed by atoms with Gasteiger partial charge in [-0.05, 0) is 46.3 Å². The van der Waals surface area contributed by atoms with Crippen LogP contribution >= 0.6 is 15.9 Å². The summed E-state index contributed by atoms with van der Waals surface area (Å²) in [7, 11) is 0. The van der Waals surface area contributed by atoms with Gasteiger partial charge < -0.3 is 10.4 Å². The molecule has 2 aromatic carbocycles. The van der Waals surface area contributed by atoms with Gasteiger partial charge in [-0.1, -0.05) is 0 Å². The van der Waals surface area contributed by atoms with Crippen LogP contribution in [-0.2, 0) is 0 Å². The molecule has 0 heterocycles. The van der Waals surface area contributed by atoms with Gasteiger partial charge in [0.05, 0.1) is 9.40 Å². The maximum Gasteiger partial charge on any atom is 0.342 e. The van der Waals surface area contributed by atoms with Gasteiger partial charge in [0.2, 0.25) is 0 Å². The molecule has 0 aliphatic rings. The molecule has 0 saturated carbocycles. The molecule has 2 rings (SSSR count). The van der Waals surface area contributed by atoms with Crippen LogP contribution in [0.4, 0.5) is 21.5 Å². The summed E-state index contributed by atoms with van der Waals surface area (Å²) in [4.78, 5) is 21.0. The van der Waals surface area contributed by atoms with Gasteiger partial charge >= 0.3 is 5.97 Å². The van der Waals surface area contributed by atoms with E-state index in [0.717, 1.165) is 12.1 Å². The molecule has 0 radical (unpaired) electrons. The van der Waals surface area contributed by atoms with Crippen LogP contribution in [0.3, 0.4) is 0 Å². The van der Waals surface area contributed by atoms with E-state index in [-0.39, 0.29) is 0 Å². The third kappa shape index (κ3) is 3.34. The van der Waals surface area contributed by atoms with E-state index in [0.29, 0.717) is 15.8 Å². The van der Waals surface area contributed by atoms with Gasteiger partial charge in [0.15, 0.2) is 0 Å². The Bertz CT molecular complexity index is 736. The molecule has 6 nitrogen and oxygen atoms in total. The quantitative estimate of drug-likeness (QED) is 0.640. The number of anilines is 2. The van der Waals surface area contributed by atoms with Gasteiger partial charge in [-0.2, -0.15) is 0 Å². The van der Waals surface area contributed by atoms with Crippen LogP contribution < -0.4 is 5.32 Å². The molecule has 0 amide bonds. The molecule has 0 saturated heterocycles. The minimum Gasteiger partial charge on any atom is -0.477 e. The molecule has 0 unspecified atom stereocenters. The first-order valence-electron chi connectivity index (χ1n) is 5.62. The van der Waals surface area contributed by atoms with Crippen LogP contribution in [0.1, 0.15) is 10.4 Å². The van der Waals surface area contributed by atoms with Crippen LogP contribution in [0.2, 0.25) is 0 Å². The fourth-order valence-electron chi connectivity index (χ4n) is 1.68. The minimum absolute atomic E-state index is 0.294. The maximum atomic E-state index is 13.4. The van der Waals surface area contributed by atoms with Gasteiger partial charge in [-0.3, -0.25) is 10.1 Å². The lowest BCUT2D eigenvalue weighted by atomic mass is 10.1. The van der Waals surface area contributed by atoms with Crippen molar-refractivity contribution in [1.82, 2.24) is 0 Å². The normalized spacial score (nSPS) is 10.2. The Kier molecular flexibility index (Phi) is 4.18. The monoisotopic (exact) mass is 354 g/mol. The molecule has 0 bridgehead atoms. The first kappa shape index (κ1) is 14.9. The number of carbonyl (C=O) groups is 1. The van der Waals surface area contributed by atoms with Crippen molar-refractivity contribution in [2.75, 3.05) is 5.32 Å². The van der Waals surface area contributed by atoms with Gasteiger partial charge in [-0.25, -0.2) is 9.18 Å². The maximum absolute atomic E-state index is 13.4. The first-order valence-corrected chi connectivity index (χ1v) is 6.41. The molecule has 2 aromatic rings. The number of nitro groups is 1. The van der Waals surface area contributed by atoms with E-state index in [9.17, 15) is 19.3 Å². The van der Waals surface area contributed by atoms with E-state index in [2.05, 4.69) is 21.2 Å². The summed E-state index contributed by atoms with van der Waals surface area (Å²) >= 11 is 3.02. The molecule has 108 valence electrons. The summed E-state index contributed by atoms with van der Waals surface area (Å²) in [5.41, 5.74) is -0.252. The van der Waals surface area contributed by atoms with Crippen LogP contribution in [0.15, 0.2) is 40.9 Å². The summed E-state index contributed by atoms with van der Waals surface area (Å²) < 4.78 is 13.7. The van der Waals surface area contributed by atoms with Crippen molar-refractivity contribution >= 4 is 39.0 Å². The second kappa shape index (κ2) is 5.88. The number of benzene rings is 2. The number of nitrogens with zero attached hydrogens (tertiary/aromatic N) is 1. The smallest absolute Gasteiger partial charge is 0.342 e. The molecule has 2 N–H and O–H groups in total. The highest BCUT2D eigenvalue weighted by molar-refractivity contribution is 9.10. The Balaban J connectivity index is 2.36. The second-order valence-electron chi connectivity index (χ2n) is 4.05. The standard InChI is InChI=1S/C13H8BrFN2O4/c14-10-3-1-8(6-11(10)15)16-7-2-4-12(17(20)21)9(5-7)13(18)19/h1-6,16H,(H,18,19). The van der Waals surface area contributed by atoms with Crippen molar-refractivity contribution in [3.05, 3.63) is 62.4 Å². The molecule has 0 aromatic heterocycles. The highest BCUT2D eigenvalue weighted by atomic mass is 79.9. The molecular formula is C13H8BrFN2O4. The number of halogens is 2. The Labute approximate surface area is 126 Å². The van der Waals surface area contributed by atoms with Gasteiger partial charge in [-0.15, -0.1) is 0 Å². The molecule has 8 heteroatoms. The van der Waals surface area contributed by atoms with Crippen molar-refractivity contribution in [1.29, 1.82) is 0 Å². The van der Waals surface area contributed by atoms with E-state index >= 15 is 0 Å². The van der Waals surface area contributed by atoms with Gasteiger partial charge in [0.1, 0.15) is 11.4 Å². The van der Waals surface area contributed by atoms with Crippen LogP contribution in [0.5, 0.6) is 0 Å². The van der Waals surface area contributed by atoms with Crippen molar-refractivity contribution < 1.29 is 19.2 Å². The number of rotatable bonds is 4. The van der Waals surface area contributed by atoms with Gasteiger partial charge in [0, 0.05) is 17.4 Å². The highest BCUT2D eigenvalue weighted by Crippen LogP contribution is 2.26. The van der Waals surface area contributed by atoms with Crippen molar-refractivity contribution in [3.63, 3.8) is 0 Å². The number of carboxylic acid groups (broad SMARTS) is 1. The topological polar surface area (TPSA) is 92.5 Å². The molecule has 0 atom stereocenters. The van der Waals surface area contributed by atoms with Crippen LogP contribution in [0.25, 0.3) is 0 Å². The zero-order chi connectivity index (χ0) is 15.6. The minimum atomic E-state index is -1.41. The fourth-order valence-corrected chi connectivity index (χ4v) is 1.93. The lowest BCUT2D eigenvalue weighted by Crippen LogP contribution is -2.03. The average Bonchev–Trinajstić information content (AvgIpc) is 2.42. The summed E-state index contributed by atoms with van der Waals surface area (Å²) in [6, 6.07) is 7.84. The van der Waals surface area contributed by atoms with Gasteiger partial charge in [0.25, 0.3) is 5.69 Å². The molecule has 0 fully saturated rings. The number of nitrogens with one attached hydrogen (secondary N) is 1. The van der Waals surface area contributed by atoms with Crippen LogP contribution in [0, 0.1) is 15.9 Å². The third-order valence-corrected chi connectivity index (χ3v) is 3.28. The predicted octanol–water partition coefficient (Wildman–Crippen LogP) is 3.94. The van der Waals surface area contributed by atoms with Crippen molar-refractivity contribution in [2.24, 2.45) is 0 Å². The third-order valence-electron chi connectivity index (χ3n) is 2.63. The average molecular weight is 355 g/mol. The predicted molar refractivity (Wildman–Crippen MR) is 77.4 cm³/mol. The van der Waals surface area contributed by atoms with E-state index in [1.807, 2.05) is 0 Å². The first-order chi connectivity index (χ1) is 9.88. The lowest BCUT2D eigenvalue weighted by molar-refractivity contribution is -0.385. The summed E-state index contributed by atoms with van der Waals surface area (Å²) in [6.45, 7) is 0. The molecular weight excluding hydrogens is 347 g/mol. The molecule has 0 aliphatic carbocycles. The summed E-state index contributed by atoms with van der Waals surface area (Å²) in [5.74, 6) is -1.90. The molecule has 0 aliphatic heterocycles. The Hall–Kier alpha value is -2.48. The zero-order valence-electron chi connectivity index (χ0n) is 10.3. The largest absolute Gasteiger partial charge is 0.477 e. The van der Waals surface area contributed by atoms with E-state index in [1.54, 1.807) is 6.07 Å². The summed E-state index contributed by atoms with van der Waals surface area (Å²) in [5, 5.41) is 22.5. The molecule has 0 spiro atoms. The number of hydrogen-bond donors (Lipinski definition) is 2. The lowest BCUT2D eigenvalue weighted by Gasteiger charge is -2.08. The van der Waals surface area contributed by atoms with Crippen molar-refractivity contribution in [2.45, 2.75) is 0 Å². The van der Waals surface area contributed by atoms with E-state index in [1.165, 1.54) is 18.2 Å². The number of hydrogen-bond acceptors (Lipinski definition) is 4. The zero-order valence-corrected chi connectivity index (χ0v) is 11.9. The van der Waals surface area contributed by atoms with E-state index in [4.69, 9.17) is 5.11 Å². The van der Waals surface area contributed by atoms with E-state index < -0.39 is 28.0 Å². The Morgan fingerprint density at radius 2 is 1.86 bits per heavy atom. The second-order valence-corrected chi connectivity index (χ2v) is 4.90. The number of nitro benzene ring substituents is 1. The summed E-state index contributed by atoms with van der Waals surface area (Å²) in [6.07, 6.45) is 0. The fraction of sp³-hybridized carbons (Fsp3) is 0. The van der Waals surface area contributed by atoms with Crippen molar-refractivity contribution in [3.8, 4) is 0 Å². The van der Waals surface area contributed by atoms with Crippen LogP contribution in [-0.4, -0.2) is 16.0 Å². The molecule has 21 heavy (non-hydrogen) atoms. The highest BCUT2D eigenvalue weighted by Gasteiger charge is 2.20. The SMILES string of the molecule is O=C(O)c1cc(Nc2ccc(Br)c(F)c2)ccc1[N+](=O)[O-].